The molecule has 0 saturated carbocycles. The van der Waals surface area contributed by atoms with Crippen LogP contribution in [0.2, 0.25) is 0 Å². The second-order valence-corrected chi connectivity index (χ2v) is 9.76. The maximum atomic E-state index is 5.09. The van der Waals surface area contributed by atoms with Gasteiger partial charge in [-0.25, -0.2) is 0 Å². The Morgan fingerprint density at radius 2 is 0.907 bits per heavy atom. The molecule has 0 aliphatic rings. The summed E-state index contributed by atoms with van der Waals surface area (Å²) in [6.45, 7) is 13.7. The lowest BCUT2D eigenvalue weighted by molar-refractivity contribution is -0.0598. The van der Waals surface area contributed by atoms with Crippen molar-refractivity contribution in [3.63, 3.8) is 0 Å². The first kappa shape index (κ1) is 52.1. The van der Waals surface area contributed by atoms with Gasteiger partial charge in [0.2, 0.25) is 0 Å². The zero-order valence-corrected chi connectivity index (χ0v) is 31.0. The Morgan fingerprint density at radius 1 is 0.419 bits per heavy atom. The van der Waals surface area contributed by atoms with E-state index in [4.69, 9.17) is 52.1 Å². The van der Waals surface area contributed by atoms with Gasteiger partial charge in [-0.2, -0.15) is 0 Å². The van der Waals surface area contributed by atoms with Gasteiger partial charge in [-0.1, -0.05) is 6.92 Å². The van der Waals surface area contributed by atoms with Crippen LogP contribution >= 0.6 is 0 Å². The van der Waals surface area contributed by atoms with E-state index in [9.17, 15) is 0 Å². The first-order valence-electron chi connectivity index (χ1n) is 15.1. The van der Waals surface area contributed by atoms with Crippen molar-refractivity contribution in [2.75, 3.05) is 111 Å². The summed E-state index contributed by atoms with van der Waals surface area (Å²) in [6, 6.07) is 0. The highest BCUT2D eigenvalue weighted by atomic mass is 16.6. The molecule has 6 unspecified atom stereocenters. The minimum absolute atomic E-state index is 0.0370. The molecule has 268 valence electrons. The lowest BCUT2D eigenvalue weighted by Gasteiger charge is -2.19. The summed E-state index contributed by atoms with van der Waals surface area (Å²) >= 11 is 0. The Kier molecular flexibility index (Phi) is 55.7. The maximum absolute atomic E-state index is 5.09. The molecule has 11 nitrogen and oxygen atoms in total. The predicted octanol–water partition coefficient (Wildman–Crippen LogP) is 5.30. The fraction of sp³-hybridized carbons (Fsp3) is 1.00. The standard InChI is InChI=1S/C8H18O2.C7H16O3.2C6H14O2.C5H12O2/c1-8(10-3)6-4-5-7-9-2;1-6(9-3)7(10-4)5-8-2;1-6(8-3)4-5-7-2;1-4-6(8-3)5-7-2;1-5(7-3)4-6-2/h8H,4-7H2,1-3H3;6-7H,5H2,1-4H3;2*6H,4-5H2,1-3H3;5H,4H2,1-3H3. The zero-order valence-electron chi connectivity index (χ0n) is 31.0. The minimum atomic E-state index is 0.0370. The Balaban J connectivity index is -0.000000141. The normalized spacial score (nSPS) is 14.5. The highest BCUT2D eigenvalue weighted by Crippen LogP contribution is 2.03. The molecule has 0 heterocycles. The molecule has 0 aliphatic carbocycles. The molecule has 6 atom stereocenters. The fourth-order valence-electron chi connectivity index (χ4n) is 2.75. The van der Waals surface area contributed by atoms with E-state index in [-0.39, 0.29) is 24.4 Å². The van der Waals surface area contributed by atoms with Crippen molar-refractivity contribution in [3.05, 3.63) is 0 Å². The largest absolute Gasteiger partial charge is 0.385 e. The summed E-state index contributed by atoms with van der Waals surface area (Å²) in [5.41, 5.74) is 0. The van der Waals surface area contributed by atoms with Crippen molar-refractivity contribution < 1.29 is 52.1 Å². The first-order chi connectivity index (χ1) is 20.5. The van der Waals surface area contributed by atoms with E-state index in [2.05, 4.69) is 13.8 Å². The predicted molar refractivity (Wildman–Crippen MR) is 176 cm³/mol. The molecule has 11 heteroatoms. The minimum Gasteiger partial charge on any atom is -0.385 e. The molecule has 0 aromatic heterocycles. The number of methoxy groups -OCH3 is 11. The molecule has 0 spiro atoms. The summed E-state index contributed by atoms with van der Waals surface area (Å²) in [5, 5.41) is 0. The number of hydrogen-bond acceptors (Lipinski definition) is 11. The topological polar surface area (TPSA) is 102 Å². The van der Waals surface area contributed by atoms with Gasteiger partial charge >= 0.3 is 0 Å². The van der Waals surface area contributed by atoms with Crippen LogP contribution in [0.1, 0.15) is 66.7 Å². The van der Waals surface area contributed by atoms with Crippen LogP contribution in [0, 0.1) is 0 Å². The van der Waals surface area contributed by atoms with Crippen molar-refractivity contribution >= 4 is 0 Å². The van der Waals surface area contributed by atoms with E-state index < -0.39 is 0 Å². The van der Waals surface area contributed by atoms with Gasteiger partial charge in [-0.05, 0) is 59.8 Å². The van der Waals surface area contributed by atoms with Gasteiger partial charge in [-0.3, -0.25) is 0 Å². The van der Waals surface area contributed by atoms with Crippen molar-refractivity contribution in [1.82, 2.24) is 0 Å². The van der Waals surface area contributed by atoms with Gasteiger partial charge in [0.25, 0.3) is 0 Å². The Bertz CT molecular complexity index is 444. The second-order valence-electron chi connectivity index (χ2n) is 9.76. The van der Waals surface area contributed by atoms with Crippen molar-refractivity contribution in [2.45, 2.75) is 103 Å². The molecule has 0 rings (SSSR count). The molecule has 0 fully saturated rings. The number of ether oxygens (including phenoxy) is 11. The third-order valence-electron chi connectivity index (χ3n) is 6.22. The Labute approximate surface area is 266 Å². The van der Waals surface area contributed by atoms with Gasteiger partial charge in [-0.15, -0.1) is 0 Å². The number of hydrogen-bond donors (Lipinski definition) is 0. The molecule has 0 radical (unpaired) electrons. The van der Waals surface area contributed by atoms with E-state index >= 15 is 0 Å². The Hall–Kier alpha value is -0.440. The molecule has 0 aromatic rings. The van der Waals surface area contributed by atoms with E-state index in [1.54, 1.807) is 78.2 Å². The van der Waals surface area contributed by atoms with Gasteiger partial charge < -0.3 is 52.1 Å². The summed E-state index contributed by atoms with van der Waals surface area (Å²) in [4.78, 5) is 0. The van der Waals surface area contributed by atoms with Crippen LogP contribution < -0.4 is 0 Å². The van der Waals surface area contributed by atoms with Crippen molar-refractivity contribution in [1.29, 1.82) is 0 Å². The van der Waals surface area contributed by atoms with Gasteiger partial charge in [0.05, 0.1) is 50.3 Å². The van der Waals surface area contributed by atoms with Crippen LogP contribution in [0.4, 0.5) is 0 Å². The molecule has 0 bridgehead atoms. The summed E-state index contributed by atoms with van der Waals surface area (Å²) < 4.78 is 54.4. The average molecular weight is 635 g/mol. The van der Waals surface area contributed by atoms with Crippen LogP contribution in [-0.4, -0.2) is 148 Å². The fourth-order valence-corrected chi connectivity index (χ4v) is 2.75. The molecule has 0 saturated heterocycles. The van der Waals surface area contributed by atoms with Gasteiger partial charge in [0.1, 0.15) is 6.10 Å². The summed E-state index contributed by atoms with van der Waals surface area (Å²) in [7, 11) is 18.6. The summed E-state index contributed by atoms with van der Waals surface area (Å²) in [5.74, 6) is 0. The van der Waals surface area contributed by atoms with E-state index in [0.717, 1.165) is 38.9 Å². The molecule has 0 amide bonds. The van der Waals surface area contributed by atoms with Crippen LogP contribution in [-0.2, 0) is 52.1 Å². The quantitative estimate of drug-likeness (QED) is 0.145. The first-order valence-corrected chi connectivity index (χ1v) is 15.1. The van der Waals surface area contributed by atoms with Crippen LogP contribution in [0.15, 0.2) is 0 Å². The third-order valence-corrected chi connectivity index (χ3v) is 6.22. The lowest BCUT2D eigenvalue weighted by atomic mass is 10.2. The van der Waals surface area contributed by atoms with Crippen LogP contribution in [0.5, 0.6) is 0 Å². The third kappa shape index (κ3) is 48.7. The molecule has 43 heavy (non-hydrogen) atoms. The van der Waals surface area contributed by atoms with Crippen molar-refractivity contribution in [2.24, 2.45) is 0 Å². The van der Waals surface area contributed by atoms with Gasteiger partial charge in [0.15, 0.2) is 0 Å². The smallest absolute Gasteiger partial charge is 0.106 e. The van der Waals surface area contributed by atoms with Crippen molar-refractivity contribution in [3.8, 4) is 0 Å². The zero-order chi connectivity index (χ0) is 34.3. The highest BCUT2D eigenvalue weighted by molar-refractivity contribution is 4.63. The van der Waals surface area contributed by atoms with Crippen LogP contribution in [0.3, 0.4) is 0 Å². The second kappa shape index (κ2) is 46.0. The molecule has 0 N–H and O–H groups in total. The molecule has 0 aliphatic heterocycles. The SMILES string of the molecule is CCC(COC)OC.COCC(C)OC.COCC(OC)C(C)OC.COCCC(C)OC.COCCCCC(C)OC. The molecular weight excluding hydrogens is 560 g/mol. The maximum Gasteiger partial charge on any atom is 0.106 e. The average Bonchev–Trinajstić information content (AvgIpc) is 3.03. The summed E-state index contributed by atoms with van der Waals surface area (Å²) in [6.07, 6.45) is 6.83. The highest BCUT2D eigenvalue weighted by Gasteiger charge is 2.14. The number of unbranched alkanes of at least 4 members (excludes halogenated alkanes) is 1. The number of rotatable bonds is 22. The van der Waals surface area contributed by atoms with E-state index in [1.807, 2.05) is 20.8 Å². The molecular formula is C32H74O11. The monoisotopic (exact) mass is 635 g/mol. The van der Waals surface area contributed by atoms with E-state index in [1.165, 1.54) is 6.42 Å². The molecule has 0 aromatic carbocycles. The van der Waals surface area contributed by atoms with Crippen LogP contribution in [0.25, 0.3) is 0 Å². The Morgan fingerprint density at radius 3 is 1.21 bits per heavy atom. The lowest BCUT2D eigenvalue weighted by Crippen LogP contribution is -2.31. The van der Waals surface area contributed by atoms with E-state index in [0.29, 0.717) is 32.0 Å². The van der Waals surface area contributed by atoms with Gasteiger partial charge in [0, 0.05) is 91.4 Å².